The van der Waals surface area contributed by atoms with Gasteiger partial charge in [0.1, 0.15) is 0 Å². The molecule has 4 nitrogen and oxygen atoms in total. The van der Waals surface area contributed by atoms with E-state index in [1.165, 1.54) is 12.8 Å². The van der Waals surface area contributed by atoms with Crippen LogP contribution in [0.1, 0.15) is 56.9 Å². The van der Waals surface area contributed by atoms with Gasteiger partial charge < -0.3 is 9.73 Å². The molecule has 1 aromatic rings. The van der Waals surface area contributed by atoms with Crippen LogP contribution in [0.5, 0.6) is 0 Å². The molecule has 14 heavy (non-hydrogen) atoms. The minimum absolute atomic E-state index is 0.281. The fourth-order valence-corrected chi connectivity index (χ4v) is 1.68. The average molecular weight is 195 g/mol. The van der Waals surface area contributed by atoms with Crippen molar-refractivity contribution in [1.29, 1.82) is 0 Å². The number of hydrogen-bond acceptors (Lipinski definition) is 4. The van der Waals surface area contributed by atoms with Crippen LogP contribution < -0.4 is 5.32 Å². The molecule has 0 aromatic carbocycles. The molecule has 1 saturated heterocycles. The van der Waals surface area contributed by atoms with E-state index in [1.54, 1.807) is 0 Å². The highest BCUT2D eigenvalue weighted by molar-refractivity contribution is 4.93. The maximum atomic E-state index is 5.60. The molecular formula is C10H17N3O. The number of hydrogen-bond donors (Lipinski definition) is 1. The van der Waals surface area contributed by atoms with Gasteiger partial charge in [0.2, 0.25) is 11.8 Å². The summed E-state index contributed by atoms with van der Waals surface area (Å²) in [6.07, 6.45) is 3.61. The molecule has 0 spiro atoms. The van der Waals surface area contributed by atoms with Gasteiger partial charge in [-0.15, -0.1) is 10.2 Å². The molecule has 2 rings (SSSR count). The van der Waals surface area contributed by atoms with Crippen LogP contribution in [0.25, 0.3) is 0 Å². The van der Waals surface area contributed by atoms with Crippen LogP contribution in [-0.2, 0) is 0 Å². The Balaban J connectivity index is 2.07. The van der Waals surface area contributed by atoms with E-state index in [0.29, 0.717) is 5.92 Å². The number of rotatable bonds is 2. The third-order valence-corrected chi connectivity index (χ3v) is 2.56. The monoisotopic (exact) mass is 195 g/mol. The molecule has 0 bridgehead atoms. The number of nitrogens with zero attached hydrogens (tertiary/aromatic N) is 2. The zero-order valence-electron chi connectivity index (χ0n) is 8.79. The van der Waals surface area contributed by atoms with Crippen LogP contribution in [0.4, 0.5) is 0 Å². The van der Waals surface area contributed by atoms with Crippen LogP contribution in [0.2, 0.25) is 0 Å². The fraction of sp³-hybridized carbons (Fsp3) is 0.800. The Morgan fingerprint density at radius 1 is 1.36 bits per heavy atom. The summed E-state index contributed by atoms with van der Waals surface area (Å²) < 4.78 is 5.60. The van der Waals surface area contributed by atoms with E-state index in [2.05, 4.69) is 29.4 Å². The van der Waals surface area contributed by atoms with Gasteiger partial charge in [-0.3, -0.25) is 0 Å². The van der Waals surface area contributed by atoms with E-state index in [-0.39, 0.29) is 6.04 Å². The van der Waals surface area contributed by atoms with Crippen molar-refractivity contribution in [2.24, 2.45) is 0 Å². The van der Waals surface area contributed by atoms with Gasteiger partial charge in [0.25, 0.3) is 0 Å². The molecule has 1 aromatic heterocycles. The Hall–Kier alpha value is -0.900. The zero-order chi connectivity index (χ0) is 9.97. The fourth-order valence-electron chi connectivity index (χ4n) is 1.68. The molecule has 0 radical (unpaired) electrons. The maximum absolute atomic E-state index is 5.60. The molecule has 1 atom stereocenters. The lowest BCUT2D eigenvalue weighted by Gasteiger charge is -2.19. The molecular weight excluding hydrogens is 178 g/mol. The van der Waals surface area contributed by atoms with Crippen molar-refractivity contribution < 1.29 is 4.42 Å². The van der Waals surface area contributed by atoms with Gasteiger partial charge in [-0.25, -0.2) is 0 Å². The van der Waals surface area contributed by atoms with Crippen molar-refractivity contribution in [2.75, 3.05) is 6.54 Å². The Morgan fingerprint density at radius 3 is 2.79 bits per heavy atom. The van der Waals surface area contributed by atoms with Gasteiger partial charge in [0.15, 0.2) is 0 Å². The Labute approximate surface area is 84.1 Å². The minimum Gasteiger partial charge on any atom is -0.423 e. The quantitative estimate of drug-likeness (QED) is 0.784. The number of nitrogens with one attached hydrogen (secondary N) is 1. The Bertz CT molecular complexity index is 289. The number of piperidine rings is 1. The highest BCUT2D eigenvalue weighted by atomic mass is 16.4. The molecule has 2 heterocycles. The van der Waals surface area contributed by atoms with Gasteiger partial charge in [-0.2, -0.15) is 0 Å². The minimum atomic E-state index is 0.281. The predicted octanol–water partition coefficient (Wildman–Crippen LogP) is 2.01. The van der Waals surface area contributed by atoms with Crippen molar-refractivity contribution in [3.05, 3.63) is 11.8 Å². The summed E-state index contributed by atoms with van der Waals surface area (Å²) in [5.41, 5.74) is 0. The van der Waals surface area contributed by atoms with Crippen LogP contribution in [-0.4, -0.2) is 16.7 Å². The van der Waals surface area contributed by atoms with Gasteiger partial charge in [0, 0.05) is 5.92 Å². The van der Waals surface area contributed by atoms with Crippen molar-refractivity contribution >= 4 is 0 Å². The normalized spacial score (nSPS) is 22.9. The second-order valence-corrected chi connectivity index (χ2v) is 4.14. The van der Waals surface area contributed by atoms with E-state index >= 15 is 0 Å². The summed E-state index contributed by atoms with van der Waals surface area (Å²) in [5, 5.41) is 11.5. The standard InChI is InChI=1S/C10H17N3O/c1-7(2)9-12-13-10(14-9)8-5-3-4-6-11-8/h7-8,11H,3-6H2,1-2H3/t8-/m1/s1. The van der Waals surface area contributed by atoms with E-state index in [1.807, 2.05) is 0 Å². The van der Waals surface area contributed by atoms with E-state index in [0.717, 1.165) is 24.7 Å². The second kappa shape index (κ2) is 4.09. The Kier molecular flexibility index (Phi) is 2.82. The molecule has 0 unspecified atom stereocenters. The first-order valence-electron chi connectivity index (χ1n) is 5.34. The molecule has 4 heteroatoms. The van der Waals surface area contributed by atoms with Crippen molar-refractivity contribution in [3.63, 3.8) is 0 Å². The van der Waals surface area contributed by atoms with Crippen LogP contribution in [0, 0.1) is 0 Å². The first kappa shape index (κ1) is 9.65. The SMILES string of the molecule is CC(C)c1nnc([C@H]2CCCCN2)o1. The highest BCUT2D eigenvalue weighted by Gasteiger charge is 2.21. The molecule has 1 fully saturated rings. The van der Waals surface area contributed by atoms with E-state index in [9.17, 15) is 0 Å². The van der Waals surface area contributed by atoms with Crippen molar-refractivity contribution in [1.82, 2.24) is 15.5 Å². The lowest BCUT2D eigenvalue weighted by Crippen LogP contribution is -2.26. The van der Waals surface area contributed by atoms with Crippen LogP contribution in [0.3, 0.4) is 0 Å². The summed E-state index contributed by atoms with van der Waals surface area (Å²) in [5.74, 6) is 1.82. The lowest BCUT2D eigenvalue weighted by molar-refractivity contribution is 0.325. The predicted molar refractivity (Wildman–Crippen MR) is 53.0 cm³/mol. The largest absolute Gasteiger partial charge is 0.423 e. The number of aromatic nitrogens is 2. The van der Waals surface area contributed by atoms with E-state index < -0.39 is 0 Å². The molecule has 1 N–H and O–H groups in total. The smallest absolute Gasteiger partial charge is 0.233 e. The summed E-state index contributed by atoms with van der Waals surface area (Å²) in [7, 11) is 0. The average Bonchev–Trinajstić information content (AvgIpc) is 2.68. The second-order valence-electron chi connectivity index (χ2n) is 4.14. The van der Waals surface area contributed by atoms with Crippen LogP contribution >= 0.6 is 0 Å². The summed E-state index contributed by atoms with van der Waals surface area (Å²) in [4.78, 5) is 0. The maximum Gasteiger partial charge on any atom is 0.233 e. The van der Waals surface area contributed by atoms with E-state index in [4.69, 9.17) is 4.42 Å². The first-order valence-corrected chi connectivity index (χ1v) is 5.34. The van der Waals surface area contributed by atoms with Gasteiger partial charge in [-0.05, 0) is 19.4 Å². The third-order valence-electron chi connectivity index (χ3n) is 2.56. The van der Waals surface area contributed by atoms with Gasteiger partial charge in [-0.1, -0.05) is 20.3 Å². The summed E-state index contributed by atoms with van der Waals surface area (Å²) in [6.45, 7) is 5.18. The van der Waals surface area contributed by atoms with Crippen LogP contribution in [0.15, 0.2) is 4.42 Å². The zero-order valence-corrected chi connectivity index (χ0v) is 8.79. The molecule has 0 amide bonds. The van der Waals surface area contributed by atoms with Gasteiger partial charge >= 0.3 is 0 Å². The molecule has 0 aliphatic carbocycles. The third kappa shape index (κ3) is 1.95. The first-order chi connectivity index (χ1) is 6.77. The molecule has 1 aliphatic rings. The molecule has 0 saturated carbocycles. The topological polar surface area (TPSA) is 51.0 Å². The van der Waals surface area contributed by atoms with Gasteiger partial charge in [0.05, 0.1) is 6.04 Å². The molecule has 1 aliphatic heterocycles. The lowest BCUT2D eigenvalue weighted by atomic mass is 10.1. The summed E-state index contributed by atoms with van der Waals surface area (Å²) >= 11 is 0. The molecule has 78 valence electrons. The summed E-state index contributed by atoms with van der Waals surface area (Å²) in [6, 6.07) is 0.281. The van der Waals surface area contributed by atoms with Crippen molar-refractivity contribution in [3.8, 4) is 0 Å². The highest BCUT2D eigenvalue weighted by Crippen LogP contribution is 2.23. The van der Waals surface area contributed by atoms with Crippen molar-refractivity contribution in [2.45, 2.75) is 45.1 Å². The Morgan fingerprint density at radius 2 is 2.21 bits per heavy atom.